The van der Waals surface area contributed by atoms with Crippen molar-refractivity contribution in [3.05, 3.63) is 122 Å². The summed E-state index contributed by atoms with van der Waals surface area (Å²) in [5.41, 5.74) is 0. The monoisotopic (exact) mass is 1470 g/mol. The van der Waals surface area contributed by atoms with Crippen LogP contribution in [0.15, 0.2) is 122 Å². The minimum Gasteiger partial charge on any atom is -0.462 e. The van der Waals surface area contributed by atoms with Crippen molar-refractivity contribution in [3.8, 4) is 0 Å². The second-order valence-electron chi connectivity index (χ2n) is 26.2. The predicted octanol–water partition coefficient (Wildman–Crippen LogP) is 23.1. The van der Waals surface area contributed by atoms with E-state index in [1.54, 1.807) is 0 Å². The number of carbonyl (C=O) groups excluding carboxylic acids is 4. The molecule has 0 aliphatic heterocycles. The molecular weight excluding hydrogens is 1330 g/mol. The SMILES string of the molecule is CC/C=C\C/C=C\C/C=C\C/C=C\C/C=C\C/C=C\CCC(=O)OCC(COP(=O)(O)OCC(O)COP(=O)(O)OCC(COC(=O)CCCCCCC/C=C\C/C=C\C/C=C\CC)OC(=O)CCCCCCC/C=C\CCCCCC)OC(=O)CCCCCCCCCCCCCCCCC. The van der Waals surface area contributed by atoms with Gasteiger partial charge in [-0.05, 0) is 122 Å². The molecule has 102 heavy (non-hydrogen) atoms. The van der Waals surface area contributed by atoms with Gasteiger partial charge in [-0.1, -0.05) is 297 Å². The highest BCUT2D eigenvalue weighted by Crippen LogP contribution is 2.45. The number of hydrogen-bond acceptors (Lipinski definition) is 15. The van der Waals surface area contributed by atoms with Crippen LogP contribution in [0.25, 0.3) is 0 Å². The standard InChI is InChI=1S/C83H142O17P2/c1-5-9-13-17-21-25-29-33-36-37-38-39-42-45-48-52-56-60-64-68-81(86)94-74-79(100-83(88)70-66-62-58-54-50-46-41-35-31-27-23-19-15-11-7-3)76-98-102(91,92)96-72-77(84)71-95-101(89,90)97-75-78(99-82(87)69-65-61-57-53-49-43-32-28-24-20-16-12-8-4)73-93-80(85)67-63-59-55-51-47-44-40-34-30-26-22-18-14-10-6-2/h9-10,13-14,21-22,25-26,28,32-34,36,38-40,45,48,56,60,77-79,84H,5-8,11-12,15-20,23-24,27,29-31,35,37,41-44,46-47,49-55,57-59,61-76H2,1-4H3,(H,89,90)(H,91,92)/b13-9-,14-10-,25-21-,26-22-,32-28-,36-33-,39-38-,40-34-,48-45-,60-56-. The van der Waals surface area contributed by atoms with Crippen LogP contribution in [0.4, 0.5) is 0 Å². The zero-order chi connectivity index (χ0) is 74.6. The average molecular weight is 1470 g/mol. The van der Waals surface area contributed by atoms with E-state index in [4.69, 9.17) is 37.0 Å². The Labute approximate surface area is 619 Å². The number of allylic oxidation sites excluding steroid dienone is 20. The molecule has 586 valence electrons. The zero-order valence-electron chi connectivity index (χ0n) is 64.0. The van der Waals surface area contributed by atoms with Gasteiger partial charge in [-0.3, -0.25) is 37.3 Å². The van der Waals surface area contributed by atoms with Crippen LogP contribution in [-0.4, -0.2) is 96.7 Å². The largest absolute Gasteiger partial charge is 0.472 e. The van der Waals surface area contributed by atoms with Gasteiger partial charge in [-0.2, -0.15) is 0 Å². The molecule has 0 bridgehead atoms. The second-order valence-corrected chi connectivity index (χ2v) is 29.2. The van der Waals surface area contributed by atoms with E-state index in [9.17, 15) is 43.2 Å². The van der Waals surface area contributed by atoms with Gasteiger partial charge in [0.1, 0.15) is 19.3 Å². The summed E-state index contributed by atoms with van der Waals surface area (Å²) in [6.45, 7) is 4.55. The van der Waals surface area contributed by atoms with Gasteiger partial charge in [-0.15, -0.1) is 0 Å². The van der Waals surface area contributed by atoms with E-state index in [1.165, 1.54) is 89.9 Å². The number of aliphatic hydroxyl groups is 1. The molecule has 0 saturated heterocycles. The molecule has 0 aromatic carbocycles. The molecule has 0 saturated carbocycles. The van der Waals surface area contributed by atoms with Crippen molar-refractivity contribution in [2.45, 2.75) is 341 Å². The van der Waals surface area contributed by atoms with Crippen molar-refractivity contribution < 1.29 is 80.2 Å². The van der Waals surface area contributed by atoms with Gasteiger partial charge >= 0.3 is 39.5 Å². The molecule has 0 heterocycles. The maximum atomic E-state index is 13.1. The first-order valence-electron chi connectivity index (χ1n) is 39.8. The molecule has 0 rings (SSSR count). The second kappa shape index (κ2) is 74.7. The van der Waals surface area contributed by atoms with Crippen molar-refractivity contribution in [1.29, 1.82) is 0 Å². The fraction of sp³-hybridized carbons (Fsp3) is 0.711. The van der Waals surface area contributed by atoms with Crippen molar-refractivity contribution in [2.24, 2.45) is 0 Å². The summed E-state index contributed by atoms with van der Waals surface area (Å²) in [5.74, 6) is -2.29. The van der Waals surface area contributed by atoms with E-state index in [2.05, 4.69) is 131 Å². The number of aliphatic hydroxyl groups excluding tert-OH is 1. The first-order valence-corrected chi connectivity index (χ1v) is 42.8. The lowest BCUT2D eigenvalue weighted by Gasteiger charge is -2.21. The molecule has 0 spiro atoms. The van der Waals surface area contributed by atoms with Crippen molar-refractivity contribution in [3.63, 3.8) is 0 Å². The number of rotatable bonds is 74. The molecule has 0 radical (unpaired) electrons. The molecule has 0 amide bonds. The van der Waals surface area contributed by atoms with Crippen molar-refractivity contribution in [1.82, 2.24) is 0 Å². The average Bonchev–Trinajstić information content (AvgIpc) is 0.924. The van der Waals surface area contributed by atoms with Crippen molar-refractivity contribution in [2.75, 3.05) is 39.6 Å². The lowest BCUT2D eigenvalue weighted by Crippen LogP contribution is -2.30. The number of phosphoric ester groups is 2. The molecule has 0 aliphatic carbocycles. The Bertz CT molecular complexity index is 2410. The van der Waals surface area contributed by atoms with Crippen LogP contribution in [-0.2, 0) is 65.4 Å². The first-order chi connectivity index (χ1) is 49.7. The van der Waals surface area contributed by atoms with Gasteiger partial charge in [0, 0.05) is 25.7 Å². The first kappa shape index (κ1) is 97.5. The fourth-order valence-electron chi connectivity index (χ4n) is 10.4. The Morgan fingerprint density at radius 2 is 0.529 bits per heavy atom. The van der Waals surface area contributed by atoms with Gasteiger partial charge in [-0.25, -0.2) is 9.13 Å². The van der Waals surface area contributed by atoms with Crippen LogP contribution in [0.5, 0.6) is 0 Å². The number of ether oxygens (including phenoxy) is 4. The highest BCUT2D eigenvalue weighted by molar-refractivity contribution is 7.47. The minimum atomic E-state index is -4.99. The van der Waals surface area contributed by atoms with E-state index in [1.807, 2.05) is 18.2 Å². The zero-order valence-corrected chi connectivity index (χ0v) is 65.8. The summed E-state index contributed by atoms with van der Waals surface area (Å²) in [6.07, 6.45) is 81.9. The van der Waals surface area contributed by atoms with Gasteiger partial charge in [0.25, 0.3) is 0 Å². The topological polar surface area (TPSA) is 237 Å². The molecular formula is C83H142O17P2. The minimum absolute atomic E-state index is 0.0361. The molecule has 17 nitrogen and oxygen atoms in total. The maximum absolute atomic E-state index is 13.1. The maximum Gasteiger partial charge on any atom is 0.472 e. The van der Waals surface area contributed by atoms with Gasteiger partial charge in [0.2, 0.25) is 0 Å². The van der Waals surface area contributed by atoms with Crippen LogP contribution < -0.4 is 0 Å². The Morgan fingerprint density at radius 3 is 0.863 bits per heavy atom. The summed E-state index contributed by atoms with van der Waals surface area (Å²) in [6, 6.07) is 0. The lowest BCUT2D eigenvalue weighted by molar-refractivity contribution is -0.161. The molecule has 0 aromatic rings. The smallest absolute Gasteiger partial charge is 0.462 e. The molecule has 5 unspecified atom stereocenters. The van der Waals surface area contributed by atoms with Crippen LogP contribution in [0.3, 0.4) is 0 Å². The summed E-state index contributed by atoms with van der Waals surface area (Å²) in [4.78, 5) is 72.9. The fourth-order valence-corrected chi connectivity index (χ4v) is 12.0. The number of phosphoric acid groups is 2. The summed E-state index contributed by atoms with van der Waals surface area (Å²) in [5, 5.41) is 10.6. The van der Waals surface area contributed by atoms with E-state index in [0.717, 1.165) is 148 Å². The van der Waals surface area contributed by atoms with Crippen LogP contribution >= 0.6 is 15.6 Å². The number of carbonyl (C=O) groups is 4. The quantitative estimate of drug-likeness (QED) is 0.0169. The molecule has 0 fully saturated rings. The predicted molar refractivity (Wildman–Crippen MR) is 418 cm³/mol. The van der Waals surface area contributed by atoms with E-state index in [0.29, 0.717) is 32.1 Å². The van der Waals surface area contributed by atoms with Gasteiger partial charge < -0.3 is 33.8 Å². The third kappa shape index (κ3) is 73.8. The molecule has 0 aromatic heterocycles. The Kier molecular flexibility index (Phi) is 71.4. The highest BCUT2D eigenvalue weighted by Gasteiger charge is 2.30. The summed E-state index contributed by atoms with van der Waals surface area (Å²) >= 11 is 0. The normalized spacial score (nSPS) is 14.5. The van der Waals surface area contributed by atoms with E-state index >= 15 is 0 Å². The summed E-state index contributed by atoms with van der Waals surface area (Å²) < 4.78 is 68.5. The van der Waals surface area contributed by atoms with Crippen molar-refractivity contribution >= 4 is 39.5 Å². The third-order valence-electron chi connectivity index (χ3n) is 16.4. The van der Waals surface area contributed by atoms with Gasteiger partial charge in [0.15, 0.2) is 12.2 Å². The molecule has 0 aliphatic rings. The Morgan fingerprint density at radius 1 is 0.284 bits per heavy atom. The highest BCUT2D eigenvalue weighted by atomic mass is 31.2. The van der Waals surface area contributed by atoms with Crippen LogP contribution in [0.2, 0.25) is 0 Å². The number of hydrogen-bond donors (Lipinski definition) is 3. The van der Waals surface area contributed by atoms with E-state index in [-0.39, 0.29) is 25.7 Å². The Hall–Kier alpha value is -4.54. The number of unbranched alkanes of at least 4 members (excludes halogenated alkanes) is 28. The third-order valence-corrected chi connectivity index (χ3v) is 18.3. The van der Waals surface area contributed by atoms with Crippen LogP contribution in [0, 0.1) is 0 Å². The Balaban J connectivity index is 5.42. The molecule has 5 atom stereocenters. The van der Waals surface area contributed by atoms with Gasteiger partial charge in [0.05, 0.1) is 26.4 Å². The number of esters is 4. The lowest BCUT2D eigenvalue weighted by atomic mass is 10.0. The summed E-state index contributed by atoms with van der Waals surface area (Å²) in [7, 11) is -9.98. The van der Waals surface area contributed by atoms with Crippen LogP contribution in [0.1, 0.15) is 323 Å². The van der Waals surface area contributed by atoms with E-state index < -0.39 is 97.5 Å². The molecule has 3 N–H and O–H groups in total. The molecule has 19 heteroatoms.